The average molecular weight is 323 g/mol. The molecule has 0 radical (unpaired) electrons. The number of halogens is 1. The molecule has 2 nitrogen and oxygen atoms in total. The van der Waals surface area contributed by atoms with Gasteiger partial charge in [0.15, 0.2) is 0 Å². The fraction of sp³-hybridized carbons (Fsp3) is 0.375. The van der Waals surface area contributed by atoms with E-state index in [0.717, 1.165) is 15.6 Å². The Morgan fingerprint density at radius 1 is 1.38 bits per heavy atom. The van der Waals surface area contributed by atoms with Gasteiger partial charge in [0.1, 0.15) is 16.6 Å². The summed E-state index contributed by atoms with van der Waals surface area (Å²) in [6, 6.07) is 6.30. The van der Waals surface area contributed by atoms with Crippen molar-refractivity contribution in [1.29, 1.82) is 0 Å². The second-order valence-electron chi connectivity index (χ2n) is 5.84. The number of Topliss-reactive ketones (excluding diaryl/α,β-unsaturated/α-hetero) is 1. The summed E-state index contributed by atoms with van der Waals surface area (Å²) in [4.78, 5) is 17.3. The van der Waals surface area contributed by atoms with Gasteiger partial charge >= 0.3 is 0 Å². The third-order valence-electron chi connectivity index (χ3n) is 2.86. The maximum atomic E-state index is 13.0. The number of hydrogen-bond donors (Lipinski definition) is 0. The first-order valence-electron chi connectivity index (χ1n) is 6.69. The zero-order valence-electron chi connectivity index (χ0n) is 12.4. The van der Waals surface area contributed by atoms with Gasteiger partial charge < -0.3 is 0 Å². The third-order valence-corrected chi connectivity index (χ3v) is 4.77. The van der Waals surface area contributed by atoms with Crippen molar-refractivity contribution < 1.29 is 9.18 Å². The summed E-state index contributed by atoms with van der Waals surface area (Å²) in [6.45, 7) is 6.31. The van der Waals surface area contributed by atoms with Crippen LogP contribution >= 0.6 is 23.1 Å². The monoisotopic (exact) mass is 323 g/mol. The zero-order valence-corrected chi connectivity index (χ0v) is 14.0. The first-order valence-corrected chi connectivity index (χ1v) is 8.56. The van der Waals surface area contributed by atoms with E-state index in [0.29, 0.717) is 12.2 Å². The molecule has 0 aliphatic rings. The smallest absolute Gasteiger partial charge is 0.149 e. The summed E-state index contributed by atoms with van der Waals surface area (Å²) in [5.74, 6) is 0.176. The van der Waals surface area contributed by atoms with Gasteiger partial charge in [-0.2, -0.15) is 0 Å². The van der Waals surface area contributed by atoms with E-state index in [-0.39, 0.29) is 17.0 Å². The van der Waals surface area contributed by atoms with Crippen LogP contribution in [0, 0.1) is 5.82 Å². The quantitative estimate of drug-likeness (QED) is 0.760. The molecule has 1 aromatic carbocycles. The first-order chi connectivity index (χ1) is 9.84. The molecule has 0 amide bonds. The van der Waals surface area contributed by atoms with Crippen LogP contribution < -0.4 is 0 Å². The Kier molecular flexibility index (Phi) is 5.17. The van der Waals surface area contributed by atoms with Crippen molar-refractivity contribution in [3.8, 4) is 0 Å². The summed E-state index contributed by atoms with van der Waals surface area (Å²) < 4.78 is 13.0. The molecule has 0 aliphatic heterocycles. The van der Waals surface area contributed by atoms with Crippen LogP contribution in [0.1, 0.15) is 31.5 Å². The maximum Gasteiger partial charge on any atom is 0.149 e. The molecule has 2 aromatic rings. The minimum atomic E-state index is -0.276. The molecule has 0 aliphatic carbocycles. The lowest BCUT2D eigenvalue weighted by Crippen LogP contribution is -2.12. The molecule has 0 saturated carbocycles. The van der Waals surface area contributed by atoms with Crippen LogP contribution in [0.25, 0.3) is 0 Å². The van der Waals surface area contributed by atoms with E-state index in [4.69, 9.17) is 0 Å². The highest BCUT2D eigenvalue weighted by Crippen LogP contribution is 2.25. The SMILES string of the molecule is CC(C)(C)c1csc(CC(=O)CSc2cccc(F)c2)n1. The van der Waals surface area contributed by atoms with Crippen LogP contribution in [0.15, 0.2) is 34.5 Å². The van der Waals surface area contributed by atoms with E-state index < -0.39 is 0 Å². The Bertz CT molecular complexity index is 631. The van der Waals surface area contributed by atoms with Crippen LogP contribution in [0.5, 0.6) is 0 Å². The number of aromatic nitrogens is 1. The number of carbonyl (C=O) groups excluding carboxylic acids is 1. The van der Waals surface area contributed by atoms with Gasteiger partial charge in [-0.05, 0) is 18.2 Å². The van der Waals surface area contributed by atoms with Crippen molar-refractivity contribution in [3.63, 3.8) is 0 Å². The number of thioether (sulfide) groups is 1. The van der Waals surface area contributed by atoms with E-state index in [9.17, 15) is 9.18 Å². The van der Waals surface area contributed by atoms with Crippen molar-refractivity contribution in [2.75, 3.05) is 5.75 Å². The van der Waals surface area contributed by atoms with Gasteiger partial charge in [-0.25, -0.2) is 9.37 Å². The molecule has 1 heterocycles. The number of rotatable bonds is 5. The Morgan fingerprint density at radius 2 is 2.14 bits per heavy atom. The van der Waals surface area contributed by atoms with Gasteiger partial charge in [-0.15, -0.1) is 23.1 Å². The summed E-state index contributed by atoms with van der Waals surface area (Å²) in [5, 5.41) is 2.87. The fourth-order valence-electron chi connectivity index (χ4n) is 1.68. The molecule has 112 valence electrons. The summed E-state index contributed by atoms with van der Waals surface area (Å²) in [6.07, 6.45) is 0.350. The molecule has 0 N–H and O–H groups in total. The Morgan fingerprint density at radius 3 is 2.76 bits per heavy atom. The number of hydrogen-bond acceptors (Lipinski definition) is 4. The zero-order chi connectivity index (χ0) is 15.5. The fourth-order valence-corrected chi connectivity index (χ4v) is 3.53. The number of thiazole rings is 1. The minimum Gasteiger partial charge on any atom is -0.298 e. The van der Waals surface area contributed by atoms with E-state index in [1.165, 1.54) is 35.2 Å². The van der Waals surface area contributed by atoms with Gasteiger partial charge in [0.2, 0.25) is 0 Å². The third kappa shape index (κ3) is 4.93. The van der Waals surface area contributed by atoms with E-state index in [2.05, 4.69) is 25.8 Å². The largest absolute Gasteiger partial charge is 0.298 e. The van der Waals surface area contributed by atoms with E-state index in [1.807, 2.05) is 11.4 Å². The molecule has 5 heteroatoms. The molecular weight excluding hydrogens is 305 g/mol. The van der Waals surface area contributed by atoms with Gasteiger partial charge in [0, 0.05) is 15.7 Å². The Hall–Kier alpha value is -1.20. The standard InChI is InChI=1S/C16H18FNOS2/c1-16(2,3)14-10-21-15(18-14)8-12(19)9-20-13-6-4-5-11(17)7-13/h4-7,10H,8-9H2,1-3H3. The summed E-state index contributed by atoms with van der Waals surface area (Å²) >= 11 is 2.89. The lowest BCUT2D eigenvalue weighted by molar-refractivity contribution is -0.116. The molecule has 0 bridgehead atoms. The van der Waals surface area contributed by atoms with Gasteiger partial charge in [0.25, 0.3) is 0 Å². The molecule has 0 atom stereocenters. The highest BCUT2D eigenvalue weighted by Gasteiger charge is 2.18. The van der Waals surface area contributed by atoms with Crippen molar-refractivity contribution >= 4 is 28.9 Å². The second-order valence-corrected chi connectivity index (χ2v) is 7.83. The van der Waals surface area contributed by atoms with Gasteiger partial charge in [-0.1, -0.05) is 26.8 Å². The Labute approximate surface area is 132 Å². The summed E-state index contributed by atoms with van der Waals surface area (Å²) in [7, 11) is 0. The molecule has 0 saturated heterocycles. The first kappa shape index (κ1) is 16.2. The molecule has 0 unspecified atom stereocenters. The number of carbonyl (C=O) groups is 1. The number of ketones is 1. The molecule has 21 heavy (non-hydrogen) atoms. The summed E-state index contributed by atoms with van der Waals surface area (Å²) in [5.41, 5.74) is 1.03. The van der Waals surface area contributed by atoms with Crippen molar-refractivity contribution in [2.24, 2.45) is 0 Å². The highest BCUT2D eigenvalue weighted by molar-refractivity contribution is 8.00. The van der Waals surface area contributed by atoms with Crippen molar-refractivity contribution in [2.45, 2.75) is 37.5 Å². The van der Waals surface area contributed by atoms with E-state index >= 15 is 0 Å². The topological polar surface area (TPSA) is 30.0 Å². The predicted molar refractivity (Wildman–Crippen MR) is 86.6 cm³/mol. The average Bonchev–Trinajstić information content (AvgIpc) is 2.85. The molecule has 2 rings (SSSR count). The molecule has 1 aromatic heterocycles. The van der Waals surface area contributed by atoms with Crippen molar-refractivity contribution in [3.05, 3.63) is 46.2 Å². The number of benzene rings is 1. The van der Waals surface area contributed by atoms with Crippen LogP contribution in [-0.2, 0) is 16.6 Å². The van der Waals surface area contributed by atoms with Crippen molar-refractivity contribution in [1.82, 2.24) is 4.98 Å². The number of nitrogens with zero attached hydrogens (tertiary/aromatic N) is 1. The molecule has 0 fully saturated rings. The second kappa shape index (κ2) is 6.71. The minimum absolute atomic E-state index is 0.00805. The van der Waals surface area contributed by atoms with Gasteiger partial charge in [0.05, 0.1) is 17.9 Å². The normalized spacial score (nSPS) is 11.6. The lowest BCUT2D eigenvalue weighted by atomic mass is 9.93. The highest BCUT2D eigenvalue weighted by atomic mass is 32.2. The predicted octanol–water partition coefficient (Wildman–Crippen LogP) is 4.48. The molecule has 0 spiro atoms. The van der Waals surface area contributed by atoms with Gasteiger partial charge in [-0.3, -0.25) is 4.79 Å². The van der Waals surface area contributed by atoms with Crippen LogP contribution in [0.4, 0.5) is 4.39 Å². The Balaban J connectivity index is 1.89. The van der Waals surface area contributed by atoms with Crippen LogP contribution in [0.3, 0.4) is 0 Å². The maximum absolute atomic E-state index is 13.0. The molecular formula is C16H18FNOS2. The van der Waals surface area contributed by atoms with E-state index in [1.54, 1.807) is 6.07 Å². The van der Waals surface area contributed by atoms with Crippen LogP contribution in [0.2, 0.25) is 0 Å². The lowest BCUT2D eigenvalue weighted by Gasteiger charge is -2.14. The van der Waals surface area contributed by atoms with Crippen LogP contribution in [-0.4, -0.2) is 16.5 Å².